The number of pyridine rings is 1. The third-order valence-electron chi connectivity index (χ3n) is 4.64. The standard InChI is InChI=1S/C22H17ClN2O2/c1-14-12-15(23)10-11-18(14)24-21(26)13-25-19-8-4-2-6-16(19)22(27)17-7-3-5-9-20(17)25/h2-12H,13H2,1H3,(H,24,26). The number of amides is 1. The molecule has 27 heavy (non-hydrogen) atoms. The highest BCUT2D eigenvalue weighted by atomic mass is 35.5. The van der Waals surface area contributed by atoms with E-state index in [0.29, 0.717) is 15.8 Å². The van der Waals surface area contributed by atoms with E-state index >= 15 is 0 Å². The molecule has 0 unspecified atom stereocenters. The van der Waals surface area contributed by atoms with Gasteiger partial charge < -0.3 is 9.88 Å². The first kappa shape index (κ1) is 17.3. The highest BCUT2D eigenvalue weighted by molar-refractivity contribution is 6.30. The van der Waals surface area contributed by atoms with Crippen molar-refractivity contribution in [3.05, 3.63) is 87.5 Å². The number of anilines is 1. The van der Waals surface area contributed by atoms with Crippen molar-refractivity contribution in [2.24, 2.45) is 0 Å². The molecule has 3 aromatic carbocycles. The second-order valence-corrected chi connectivity index (χ2v) is 6.89. The second-order valence-electron chi connectivity index (χ2n) is 6.46. The lowest BCUT2D eigenvalue weighted by Gasteiger charge is -2.15. The van der Waals surface area contributed by atoms with Crippen molar-refractivity contribution < 1.29 is 4.79 Å². The minimum atomic E-state index is -0.167. The van der Waals surface area contributed by atoms with Crippen molar-refractivity contribution in [2.75, 3.05) is 5.32 Å². The number of rotatable bonds is 3. The number of aromatic nitrogens is 1. The molecule has 0 saturated heterocycles. The van der Waals surface area contributed by atoms with E-state index in [4.69, 9.17) is 11.6 Å². The van der Waals surface area contributed by atoms with Crippen LogP contribution in [0, 0.1) is 6.92 Å². The van der Waals surface area contributed by atoms with Gasteiger partial charge in [-0.3, -0.25) is 9.59 Å². The van der Waals surface area contributed by atoms with E-state index in [0.717, 1.165) is 22.3 Å². The second kappa shape index (κ2) is 6.89. The summed E-state index contributed by atoms with van der Waals surface area (Å²) in [5.41, 5.74) is 3.07. The molecule has 0 aliphatic heterocycles. The van der Waals surface area contributed by atoms with Gasteiger partial charge in [0, 0.05) is 21.5 Å². The van der Waals surface area contributed by atoms with Crippen LogP contribution in [0.2, 0.25) is 5.02 Å². The lowest BCUT2D eigenvalue weighted by Crippen LogP contribution is -2.21. The molecule has 1 amide bonds. The van der Waals surface area contributed by atoms with Crippen molar-refractivity contribution in [1.29, 1.82) is 0 Å². The summed E-state index contributed by atoms with van der Waals surface area (Å²) in [4.78, 5) is 25.5. The summed E-state index contributed by atoms with van der Waals surface area (Å²) >= 11 is 5.98. The lowest BCUT2D eigenvalue weighted by molar-refractivity contribution is -0.116. The molecule has 0 aliphatic rings. The van der Waals surface area contributed by atoms with E-state index in [9.17, 15) is 9.59 Å². The maximum Gasteiger partial charge on any atom is 0.244 e. The monoisotopic (exact) mass is 376 g/mol. The van der Waals surface area contributed by atoms with Crippen molar-refractivity contribution >= 4 is 45.0 Å². The van der Waals surface area contributed by atoms with Crippen LogP contribution in [-0.2, 0) is 11.3 Å². The van der Waals surface area contributed by atoms with Gasteiger partial charge in [-0.1, -0.05) is 35.9 Å². The van der Waals surface area contributed by atoms with E-state index < -0.39 is 0 Å². The maximum atomic E-state index is 12.8. The Labute approximate surface area is 161 Å². The number of fused-ring (bicyclic) bond motifs is 2. The summed E-state index contributed by atoms with van der Waals surface area (Å²) in [6, 6.07) is 20.1. The van der Waals surface area contributed by atoms with Gasteiger partial charge in [0.1, 0.15) is 6.54 Å². The Morgan fingerprint density at radius 1 is 0.963 bits per heavy atom. The molecule has 0 radical (unpaired) electrons. The van der Waals surface area contributed by atoms with Crippen LogP contribution < -0.4 is 10.7 Å². The number of nitrogens with one attached hydrogen (secondary N) is 1. The Hall–Kier alpha value is -3.11. The average molecular weight is 377 g/mol. The Morgan fingerprint density at radius 2 is 1.56 bits per heavy atom. The SMILES string of the molecule is Cc1cc(Cl)ccc1NC(=O)Cn1c2ccccc2c(=O)c2ccccc21. The molecule has 4 nitrogen and oxygen atoms in total. The van der Waals surface area contributed by atoms with Crippen LogP contribution in [0.1, 0.15) is 5.56 Å². The Bertz CT molecular complexity index is 1180. The van der Waals surface area contributed by atoms with Crippen LogP contribution in [0.15, 0.2) is 71.5 Å². The summed E-state index contributed by atoms with van der Waals surface area (Å²) in [5.74, 6) is -0.167. The largest absolute Gasteiger partial charge is 0.331 e. The maximum absolute atomic E-state index is 12.8. The van der Waals surface area contributed by atoms with Gasteiger partial charge >= 0.3 is 0 Å². The number of aryl methyl sites for hydroxylation is 1. The molecule has 5 heteroatoms. The molecular formula is C22H17ClN2O2. The van der Waals surface area contributed by atoms with Crippen LogP contribution in [0.5, 0.6) is 0 Å². The Balaban J connectivity index is 1.79. The summed E-state index contributed by atoms with van der Waals surface area (Å²) in [5, 5.41) is 4.77. The fourth-order valence-electron chi connectivity index (χ4n) is 3.35. The summed E-state index contributed by atoms with van der Waals surface area (Å²) in [6.07, 6.45) is 0. The number of para-hydroxylation sites is 2. The van der Waals surface area contributed by atoms with E-state index in [1.807, 2.05) is 47.9 Å². The molecule has 0 bridgehead atoms. The van der Waals surface area contributed by atoms with Gasteiger partial charge in [0.2, 0.25) is 5.91 Å². The van der Waals surface area contributed by atoms with Gasteiger partial charge in [0.25, 0.3) is 0 Å². The summed E-state index contributed by atoms with van der Waals surface area (Å²) in [7, 11) is 0. The molecule has 1 heterocycles. The first-order valence-electron chi connectivity index (χ1n) is 8.61. The van der Waals surface area contributed by atoms with Gasteiger partial charge in [-0.2, -0.15) is 0 Å². The van der Waals surface area contributed by atoms with E-state index in [-0.39, 0.29) is 17.9 Å². The molecule has 1 aromatic heterocycles. The molecule has 4 aromatic rings. The van der Waals surface area contributed by atoms with E-state index in [1.165, 1.54) is 0 Å². The minimum absolute atomic E-state index is 0.0218. The average Bonchev–Trinajstić information content (AvgIpc) is 2.67. The van der Waals surface area contributed by atoms with Crippen LogP contribution >= 0.6 is 11.6 Å². The van der Waals surface area contributed by atoms with Gasteiger partial charge in [0.05, 0.1) is 11.0 Å². The fraction of sp³-hybridized carbons (Fsp3) is 0.0909. The predicted octanol–water partition coefficient (Wildman–Crippen LogP) is 4.76. The van der Waals surface area contributed by atoms with Crippen LogP contribution in [0.3, 0.4) is 0 Å². The Kier molecular flexibility index (Phi) is 4.42. The van der Waals surface area contributed by atoms with E-state index in [1.54, 1.807) is 30.3 Å². The van der Waals surface area contributed by atoms with Crippen molar-refractivity contribution in [1.82, 2.24) is 4.57 Å². The number of halogens is 1. The molecule has 0 spiro atoms. The zero-order chi connectivity index (χ0) is 19.0. The zero-order valence-electron chi connectivity index (χ0n) is 14.7. The molecule has 0 fully saturated rings. The van der Waals surface area contributed by atoms with Gasteiger partial charge in [-0.05, 0) is 55.0 Å². The predicted molar refractivity (Wildman–Crippen MR) is 111 cm³/mol. The Morgan fingerprint density at radius 3 is 2.15 bits per heavy atom. The number of carbonyl (C=O) groups is 1. The van der Waals surface area contributed by atoms with Gasteiger partial charge in [-0.15, -0.1) is 0 Å². The number of benzene rings is 3. The van der Waals surface area contributed by atoms with Gasteiger partial charge in [-0.25, -0.2) is 0 Å². The third-order valence-corrected chi connectivity index (χ3v) is 4.88. The number of nitrogens with zero attached hydrogens (tertiary/aromatic N) is 1. The zero-order valence-corrected chi connectivity index (χ0v) is 15.5. The first-order valence-corrected chi connectivity index (χ1v) is 8.98. The third kappa shape index (κ3) is 3.20. The minimum Gasteiger partial charge on any atom is -0.331 e. The van der Waals surface area contributed by atoms with Crippen LogP contribution in [0.25, 0.3) is 21.8 Å². The number of carbonyl (C=O) groups excluding carboxylic acids is 1. The smallest absolute Gasteiger partial charge is 0.244 e. The first-order chi connectivity index (χ1) is 13.0. The molecule has 4 rings (SSSR count). The molecule has 0 aliphatic carbocycles. The van der Waals surface area contributed by atoms with Crippen LogP contribution in [-0.4, -0.2) is 10.5 Å². The van der Waals surface area contributed by atoms with Crippen LogP contribution in [0.4, 0.5) is 5.69 Å². The van der Waals surface area contributed by atoms with Crippen molar-refractivity contribution in [3.63, 3.8) is 0 Å². The fourth-order valence-corrected chi connectivity index (χ4v) is 3.57. The summed E-state index contributed by atoms with van der Waals surface area (Å²) < 4.78 is 1.88. The van der Waals surface area contributed by atoms with Gasteiger partial charge in [0.15, 0.2) is 5.43 Å². The number of hydrogen-bond donors (Lipinski definition) is 1. The molecule has 0 atom stereocenters. The normalized spacial score (nSPS) is 11.0. The van der Waals surface area contributed by atoms with Crippen molar-refractivity contribution in [3.8, 4) is 0 Å². The molecular weight excluding hydrogens is 360 g/mol. The molecule has 0 saturated carbocycles. The lowest BCUT2D eigenvalue weighted by atomic mass is 10.1. The highest BCUT2D eigenvalue weighted by Gasteiger charge is 2.13. The quantitative estimate of drug-likeness (QED) is 0.524. The number of hydrogen-bond acceptors (Lipinski definition) is 2. The molecule has 1 N–H and O–H groups in total. The van der Waals surface area contributed by atoms with E-state index in [2.05, 4.69) is 5.32 Å². The topological polar surface area (TPSA) is 51.1 Å². The highest BCUT2D eigenvalue weighted by Crippen LogP contribution is 2.21. The summed E-state index contributed by atoms with van der Waals surface area (Å²) in [6.45, 7) is 2.00. The molecule has 134 valence electrons. The van der Waals surface area contributed by atoms with Crippen molar-refractivity contribution in [2.45, 2.75) is 13.5 Å².